The third-order valence-corrected chi connectivity index (χ3v) is 4.68. The van der Waals surface area contributed by atoms with E-state index in [4.69, 9.17) is 9.47 Å². The number of hydrogen-bond donors (Lipinski definition) is 1. The van der Waals surface area contributed by atoms with Gasteiger partial charge in [-0.25, -0.2) is 0 Å². The van der Waals surface area contributed by atoms with Crippen LogP contribution in [0.4, 0.5) is 0 Å². The molecule has 2 heterocycles. The summed E-state index contributed by atoms with van der Waals surface area (Å²) in [7, 11) is 0. The number of nitrogens with zero attached hydrogens (tertiary/aromatic N) is 2. The maximum absolute atomic E-state index is 10.4. The zero-order valence-electron chi connectivity index (χ0n) is 12.2. The summed E-state index contributed by atoms with van der Waals surface area (Å²) in [6.45, 7) is 5.35. The highest BCUT2D eigenvalue weighted by molar-refractivity contribution is 5.45. The van der Waals surface area contributed by atoms with Crippen molar-refractivity contribution in [1.29, 1.82) is 0 Å². The molecule has 0 amide bonds. The predicted octanol–water partition coefficient (Wildman–Crippen LogP) is 1.23. The van der Waals surface area contributed by atoms with E-state index >= 15 is 0 Å². The number of rotatable bonds is 4. The summed E-state index contributed by atoms with van der Waals surface area (Å²) in [4.78, 5) is 4.94. The second-order valence-corrected chi connectivity index (χ2v) is 6.20. The van der Waals surface area contributed by atoms with Crippen molar-refractivity contribution in [3.8, 4) is 11.5 Å². The van der Waals surface area contributed by atoms with Crippen molar-refractivity contribution in [2.75, 3.05) is 39.5 Å². The Hall–Kier alpha value is -1.30. The first-order valence-corrected chi connectivity index (χ1v) is 7.83. The van der Waals surface area contributed by atoms with E-state index in [9.17, 15) is 5.11 Å². The predicted molar refractivity (Wildman–Crippen MR) is 78.6 cm³/mol. The van der Waals surface area contributed by atoms with Gasteiger partial charge in [0.15, 0.2) is 11.5 Å². The fraction of sp³-hybridized carbons (Fsp3) is 0.625. The molecule has 1 aliphatic carbocycles. The molecule has 1 saturated heterocycles. The Morgan fingerprint density at radius 3 is 2.62 bits per heavy atom. The van der Waals surface area contributed by atoms with E-state index < -0.39 is 6.10 Å². The molecule has 1 atom stereocenters. The number of β-amino-alcohol motifs (C(OH)–C–C–N with tert-alkyl or cyclic N) is 1. The lowest BCUT2D eigenvalue weighted by Crippen LogP contribution is -2.48. The van der Waals surface area contributed by atoms with Crippen molar-refractivity contribution in [1.82, 2.24) is 9.80 Å². The molecular formula is C16H22N2O3. The fourth-order valence-corrected chi connectivity index (χ4v) is 3.22. The van der Waals surface area contributed by atoms with Gasteiger partial charge in [-0.3, -0.25) is 9.80 Å². The van der Waals surface area contributed by atoms with Gasteiger partial charge in [0.2, 0.25) is 6.79 Å². The molecule has 2 aliphatic heterocycles. The van der Waals surface area contributed by atoms with Gasteiger partial charge in [0.1, 0.15) is 0 Å². The fourth-order valence-electron chi connectivity index (χ4n) is 3.22. The van der Waals surface area contributed by atoms with Gasteiger partial charge in [-0.1, -0.05) is 6.07 Å². The Morgan fingerprint density at radius 1 is 1.10 bits per heavy atom. The van der Waals surface area contributed by atoms with Gasteiger partial charge in [0, 0.05) is 38.8 Å². The number of aliphatic hydroxyl groups is 1. The van der Waals surface area contributed by atoms with Crippen LogP contribution in [-0.2, 0) is 0 Å². The van der Waals surface area contributed by atoms with Crippen LogP contribution >= 0.6 is 0 Å². The van der Waals surface area contributed by atoms with E-state index in [1.807, 2.05) is 18.2 Å². The molecular weight excluding hydrogens is 268 g/mol. The largest absolute Gasteiger partial charge is 0.454 e. The lowest BCUT2D eigenvalue weighted by atomic mass is 10.1. The molecule has 114 valence electrons. The summed E-state index contributed by atoms with van der Waals surface area (Å²) in [6.07, 6.45) is 2.28. The summed E-state index contributed by atoms with van der Waals surface area (Å²) in [5.74, 6) is 1.51. The van der Waals surface area contributed by atoms with Gasteiger partial charge < -0.3 is 14.6 Å². The Morgan fingerprint density at radius 2 is 1.86 bits per heavy atom. The molecule has 0 radical (unpaired) electrons. The van der Waals surface area contributed by atoms with Crippen LogP contribution in [0.1, 0.15) is 24.5 Å². The molecule has 1 aromatic carbocycles. The van der Waals surface area contributed by atoms with Crippen molar-refractivity contribution in [3.63, 3.8) is 0 Å². The van der Waals surface area contributed by atoms with Gasteiger partial charge in [0.05, 0.1) is 6.10 Å². The molecule has 5 nitrogen and oxygen atoms in total. The molecule has 0 spiro atoms. The number of aliphatic hydroxyl groups excluding tert-OH is 1. The van der Waals surface area contributed by atoms with Crippen LogP contribution in [0.25, 0.3) is 0 Å². The Labute approximate surface area is 125 Å². The first kappa shape index (κ1) is 13.4. The summed E-state index contributed by atoms with van der Waals surface area (Å²) < 4.78 is 10.7. The van der Waals surface area contributed by atoms with Crippen LogP contribution < -0.4 is 9.47 Å². The summed E-state index contributed by atoms with van der Waals surface area (Å²) in [5, 5.41) is 10.4. The highest BCUT2D eigenvalue weighted by atomic mass is 16.7. The van der Waals surface area contributed by atoms with Gasteiger partial charge in [0.25, 0.3) is 0 Å². The number of ether oxygens (including phenoxy) is 2. The SMILES string of the molecule is OC(CN1CCN(C2CC2)CC1)c1ccc2c(c1)OCO2. The first-order valence-electron chi connectivity index (χ1n) is 7.83. The standard InChI is InChI=1S/C16H22N2O3/c19-14(12-1-4-15-16(9-12)21-11-20-15)10-17-5-7-18(8-6-17)13-2-3-13/h1,4,9,13-14,19H,2-3,5-8,10-11H2. The maximum Gasteiger partial charge on any atom is 0.231 e. The normalized spacial score (nSPS) is 24.2. The van der Waals surface area contributed by atoms with Gasteiger partial charge >= 0.3 is 0 Å². The summed E-state index contributed by atoms with van der Waals surface area (Å²) in [6, 6.07) is 6.56. The van der Waals surface area contributed by atoms with Crippen molar-refractivity contribution >= 4 is 0 Å². The lowest BCUT2D eigenvalue weighted by Gasteiger charge is -2.35. The minimum atomic E-state index is -0.466. The minimum absolute atomic E-state index is 0.276. The Kier molecular flexibility index (Phi) is 3.49. The molecule has 21 heavy (non-hydrogen) atoms. The van der Waals surface area contributed by atoms with Crippen molar-refractivity contribution in [2.45, 2.75) is 25.0 Å². The van der Waals surface area contributed by atoms with Crippen LogP contribution in [0.5, 0.6) is 11.5 Å². The molecule has 1 N–H and O–H groups in total. The third kappa shape index (κ3) is 2.86. The Bertz CT molecular complexity index is 510. The molecule has 1 unspecified atom stereocenters. The van der Waals surface area contributed by atoms with E-state index in [-0.39, 0.29) is 6.79 Å². The number of hydrogen-bond acceptors (Lipinski definition) is 5. The number of fused-ring (bicyclic) bond motifs is 1. The van der Waals surface area contributed by atoms with E-state index in [1.54, 1.807) is 0 Å². The highest BCUT2D eigenvalue weighted by Gasteiger charge is 2.31. The van der Waals surface area contributed by atoms with E-state index in [0.717, 1.165) is 49.3 Å². The van der Waals surface area contributed by atoms with E-state index in [1.165, 1.54) is 12.8 Å². The van der Waals surface area contributed by atoms with E-state index in [2.05, 4.69) is 9.80 Å². The van der Waals surface area contributed by atoms with Crippen molar-refractivity contribution in [3.05, 3.63) is 23.8 Å². The second kappa shape index (κ2) is 5.48. The second-order valence-electron chi connectivity index (χ2n) is 6.20. The average Bonchev–Trinajstić information content (AvgIpc) is 3.25. The lowest BCUT2D eigenvalue weighted by molar-refractivity contribution is 0.0699. The monoisotopic (exact) mass is 290 g/mol. The molecule has 5 heteroatoms. The maximum atomic E-state index is 10.4. The smallest absolute Gasteiger partial charge is 0.231 e. The number of piperazine rings is 1. The first-order chi connectivity index (χ1) is 10.3. The molecule has 4 rings (SSSR count). The molecule has 2 fully saturated rings. The molecule has 1 aromatic rings. The zero-order valence-corrected chi connectivity index (χ0v) is 12.2. The highest BCUT2D eigenvalue weighted by Crippen LogP contribution is 2.34. The number of benzene rings is 1. The van der Waals surface area contributed by atoms with Gasteiger partial charge in [-0.2, -0.15) is 0 Å². The van der Waals surface area contributed by atoms with Gasteiger partial charge in [-0.15, -0.1) is 0 Å². The quantitative estimate of drug-likeness (QED) is 0.903. The topological polar surface area (TPSA) is 45.2 Å². The molecule has 0 bridgehead atoms. The Balaban J connectivity index is 1.34. The molecule has 1 saturated carbocycles. The van der Waals surface area contributed by atoms with Crippen LogP contribution in [0, 0.1) is 0 Å². The molecule has 0 aromatic heterocycles. The van der Waals surface area contributed by atoms with E-state index in [0.29, 0.717) is 6.54 Å². The van der Waals surface area contributed by atoms with Crippen molar-refractivity contribution < 1.29 is 14.6 Å². The van der Waals surface area contributed by atoms with Crippen LogP contribution in [0.15, 0.2) is 18.2 Å². The van der Waals surface area contributed by atoms with Crippen LogP contribution in [0.3, 0.4) is 0 Å². The average molecular weight is 290 g/mol. The third-order valence-electron chi connectivity index (χ3n) is 4.68. The minimum Gasteiger partial charge on any atom is -0.454 e. The van der Waals surface area contributed by atoms with Crippen LogP contribution in [-0.4, -0.2) is 60.5 Å². The zero-order chi connectivity index (χ0) is 14.2. The van der Waals surface area contributed by atoms with Crippen molar-refractivity contribution in [2.24, 2.45) is 0 Å². The van der Waals surface area contributed by atoms with Crippen LogP contribution in [0.2, 0.25) is 0 Å². The molecule has 3 aliphatic rings. The summed E-state index contributed by atoms with van der Waals surface area (Å²) in [5.41, 5.74) is 0.906. The summed E-state index contributed by atoms with van der Waals surface area (Å²) >= 11 is 0. The van der Waals surface area contributed by atoms with Gasteiger partial charge in [-0.05, 0) is 30.5 Å².